The molecular formula is C22H30N4O6. The molecule has 174 valence electrons. The third-order valence-electron chi connectivity index (χ3n) is 6.10. The SMILES string of the molecule is CC(NC(=O)C1CCCN1C(=O)C(N)Cc1ccc(O)cc1)C(=O)N1CCCC1C(=O)O. The molecule has 2 saturated heterocycles. The summed E-state index contributed by atoms with van der Waals surface area (Å²) in [4.78, 5) is 52.6. The quantitative estimate of drug-likeness (QED) is 0.454. The van der Waals surface area contributed by atoms with Crippen LogP contribution >= 0.6 is 0 Å². The summed E-state index contributed by atoms with van der Waals surface area (Å²) < 4.78 is 0. The molecule has 1 aromatic carbocycles. The molecule has 0 aromatic heterocycles. The number of nitrogens with two attached hydrogens (primary N) is 1. The summed E-state index contributed by atoms with van der Waals surface area (Å²) in [5.41, 5.74) is 6.90. The first-order valence-corrected chi connectivity index (χ1v) is 10.9. The van der Waals surface area contributed by atoms with E-state index in [1.807, 2.05) is 0 Å². The van der Waals surface area contributed by atoms with E-state index in [9.17, 15) is 29.4 Å². The molecule has 3 rings (SSSR count). The van der Waals surface area contributed by atoms with E-state index < -0.39 is 42.0 Å². The Labute approximate surface area is 186 Å². The van der Waals surface area contributed by atoms with Crippen molar-refractivity contribution in [3.8, 4) is 5.75 Å². The molecule has 0 bridgehead atoms. The first-order valence-electron chi connectivity index (χ1n) is 10.9. The molecule has 4 atom stereocenters. The van der Waals surface area contributed by atoms with Gasteiger partial charge in [-0.1, -0.05) is 12.1 Å². The zero-order valence-corrected chi connectivity index (χ0v) is 18.1. The molecule has 1 aromatic rings. The van der Waals surface area contributed by atoms with Gasteiger partial charge in [-0.05, 0) is 56.7 Å². The van der Waals surface area contributed by atoms with Gasteiger partial charge >= 0.3 is 5.97 Å². The molecule has 0 spiro atoms. The van der Waals surface area contributed by atoms with Crippen molar-refractivity contribution in [2.45, 2.75) is 63.2 Å². The van der Waals surface area contributed by atoms with E-state index >= 15 is 0 Å². The summed E-state index contributed by atoms with van der Waals surface area (Å²) in [7, 11) is 0. The minimum absolute atomic E-state index is 0.122. The van der Waals surface area contributed by atoms with Crippen LogP contribution in [0.25, 0.3) is 0 Å². The Hall–Kier alpha value is -3.14. The summed E-state index contributed by atoms with van der Waals surface area (Å²) in [5, 5.41) is 21.3. The summed E-state index contributed by atoms with van der Waals surface area (Å²) in [6.45, 7) is 2.26. The van der Waals surface area contributed by atoms with Crippen LogP contribution in [0.5, 0.6) is 5.75 Å². The number of carbonyl (C=O) groups is 4. The number of hydrogen-bond donors (Lipinski definition) is 4. The van der Waals surface area contributed by atoms with Crippen LogP contribution in [0, 0.1) is 0 Å². The van der Waals surface area contributed by atoms with Gasteiger partial charge in [0.2, 0.25) is 17.7 Å². The smallest absolute Gasteiger partial charge is 0.326 e. The van der Waals surface area contributed by atoms with Gasteiger partial charge in [0.25, 0.3) is 0 Å². The normalized spacial score (nSPS) is 22.4. The maximum Gasteiger partial charge on any atom is 0.326 e. The second kappa shape index (κ2) is 9.99. The third kappa shape index (κ3) is 5.18. The number of carboxylic acid groups (broad SMARTS) is 1. The molecule has 0 aliphatic carbocycles. The number of hydrogen-bond acceptors (Lipinski definition) is 6. The van der Waals surface area contributed by atoms with Gasteiger partial charge in [0.1, 0.15) is 23.9 Å². The van der Waals surface area contributed by atoms with Crippen LogP contribution < -0.4 is 11.1 Å². The molecule has 0 radical (unpaired) electrons. The number of carbonyl (C=O) groups excluding carboxylic acids is 3. The number of phenolic OH excluding ortho intramolecular Hbond substituents is 1. The molecule has 2 heterocycles. The summed E-state index contributed by atoms with van der Waals surface area (Å²) in [6, 6.07) is 3.08. The number of nitrogens with one attached hydrogen (secondary N) is 1. The largest absolute Gasteiger partial charge is 0.508 e. The highest BCUT2D eigenvalue weighted by Crippen LogP contribution is 2.21. The number of nitrogens with zero attached hydrogens (tertiary/aromatic N) is 2. The average molecular weight is 447 g/mol. The molecule has 10 nitrogen and oxygen atoms in total. The summed E-state index contributed by atoms with van der Waals surface area (Å²) in [5.74, 6) is -2.16. The fourth-order valence-electron chi connectivity index (χ4n) is 4.40. The Morgan fingerprint density at radius 2 is 1.59 bits per heavy atom. The molecule has 3 amide bonds. The first-order chi connectivity index (χ1) is 15.2. The fourth-order valence-corrected chi connectivity index (χ4v) is 4.40. The number of likely N-dealkylation sites (tertiary alicyclic amines) is 2. The van der Waals surface area contributed by atoms with Crippen molar-refractivity contribution < 1.29 is 29.4 Å². The Bertz CT molecular complexity index is 874. The lowest BCUT2D eigenvalue weighted by Crippen LogP contribution is -2.56. The van der Waals surface area contributed by atoms with Crippen LogP contribution in [0.3, 0.4) is 0 Å². The average Bonchev–Trinajstić information content (AvgIpc) is 3.44. The highest BCUT2D eigenvalue weighted by molar-refractivity contribution is 5.94. The fraction of sp³-hybridized carbons (Fsp3) is 0.545. The minimum atomic E-state index is -1.05. The van der Waals surface area contributed by atoms with Gasteiger partial charge in [0, 0.05) is 13.1 Å². The van der Waals surface area contributed by atoms with Crippen LogP contribution in [0.1, 0.15) is 38.2 Å². The van der Waals surface area contributed by atoms with Gasteiger partial charge in [-0.2, -0.15) is 0 Å². The maximum absolute atomic E-state index is 12.9. The predicted molar refractivity (Wildman–Crippen MR) is 114 cm³/mol. The number of carboxylic acids is 1. The van der Waals surface area contributed by atoms with E-state index in [1.54, 1.807) is 12.1 Å². The highest BCUT2D eigenvalue weighted by Gasteiger charge is 2.39. The first kappa shape index (κ1) is 23.5. The Balaban J connectivity index is 1.59. The summed E-state index contributed by atoms with van der Waals surface area (Å²) >= 11 is 0. The van der Waals surface area contributed by atoms with Gasteiger partial charge in [-0.15, -0.1) is 0 Å². The lowest BCUT2D eigenvalue weighted by atomic mass is 10.0. The number of aliphatic carboxylic acids is 1. The Morgan fingerprint density at radius 3 is 2.19 bits per heavy atom. The van der Waals surface area contributed by atoms with Crippen molar-refractivity contribution in [3.05, 3.63) is 29.8 Å². The number of benzene rings is 1. The molecule has 32 heavy (non-hydrogen) atoms. The molecule has 5 N–H and O–H groups in total. The third-order valence-corrected chi connectivity index (χ3v) is 6.10. The number of rotatable bonds is 7. The monoisotopic (exact) mass is 446 g/mol. The molecule has 2 aliphatic rings. The van der Waals surface area contributed by atoms with E-state index in [1.165, 1.54) is 28.9 Å². The molecule has 2 fully saturated rings. The summed E-state index contributed by atoms with van der Waals surface area (Å²) in [6.07, 6.45) is 2.38. The second-order valence-electron chi connectivity index (χ2n) is 8.42. The van der Waals surface area contributed by atoms with Crippen molar-refractivity contribution in [2.75, 3.05) is 13.1 Å². The van der Waals surface area contributed by atoms with Gasteiger partial charge in [-0.3, -0.25) is 14.4 Å². The molecule has 2 aliphatic heterocycles. The molecular weight excluding hydrogens is 416 g/mol. The zero-order chi connectivity index (χ0) is 23.4. The number of phenols is 1. The van der Waals surface area contributed by atoms with E-state index in [-0.39, 0.29) is 18.1 Å². The second-order valence-corrected chi connectivity index (χ2v) is 8.42. The maximum atomic E-state index is 12.9. The lowest BCUT2D eigenvalue weighted by molar-refractivity contribution is -0.149. The van der Waals surface area contributed by atoms with Gasteiger partial charge < -0.3 is 31.1 Å². The molecule has 10 heteroatoms. The van der Waals surface area contributed by atoms with Crippen LogP contribution in [0.4, 0.5) is 0 Å². The Morgan fingerprint density at radius 1 is 1.03 bits per heavy atom. The highest BCUT2D eigenvalue weighted by atomic mass is 16.4. The van der Waals surface area contributed by atoms with E-state index in [4.69, 9.17) is 5.73 Å². The predicted octanol–water partition coefficient (Wildman–Crippen LogP) is -0.167. The van der Waals surface area contributed by atoms with E-state index in [0.29, 0.717) is 38.8 Å². The van der Waals surface area contributed by atoms with Gasteiger partial charge in [-0.25, -0.2) is 4.79 Å². The van der Waals surface area contributed by atoms with Crippen molar-refractivity contribution >= 4 is 23.7 Å². The lowest BCUT2D eigenvalue weighted by Gasteiger charge is -2.29. The molecule has 4 unspecified atom stereocenters. The van der Waals surface area contributed by atoms with Crippen molar-refractivity contribution in [2.24, 2.45) is 5.73 Å². The van der Waals surface area contributed by atoms with Crippen LogP contribution in [-0.2, 0) is 25.6 Å². The molecule has 0 saturated carbocycles. The van der Waals surface area contributed by atoms with Crippen LogP contribution in [0.15, 0.2) is 24.3 Å². The van der Waals surface area contributed by atoms with Crippen molar-refractivity contribution in [3.63, 3.8) is 0 Å². The van der Waals surface area contributed by atoms with Crippen molar-refractivity contribution in [1.82, 2.24) is 15.1 Å². The van der Waals surface area contributed by atoms with Gasteiger partial charge in [0.15, 0.2) is 0 Å². The number of aromatic hydroxyl groups is 1. The van der Waals surface area contributed by atoms with E-state index in [2.05, 4.69) is 5.32 Å². The topological polar surface area (TPSA) is 153 Å². The zero-order valence-electron chi connectivity index (χ0n) is 18.1. The standard InChI is InChI=1S/C22H30N4O6/c1-13(20(29)26-11-3-5-18(26)22(31)32)24-19(28)17-4-2-10-25(17)21(30)16(23)12-14-6-8-15(27)9-7-14/h6-9,13,16-18,27H,2-5,10-12,23H2,1H3,(H,24,28)(H,31,32). The van der Waals surface area contributed by atoms with Crippen LogP contribution in [0.2, 0.25) is 0 Å². The number of amides is 3. The van der Waals surface area contributed by atoms with E-state index in [0.717, 1.165) is 5.56 Å². The van der Waals surface area contributed by atoms with Crippen LogP contribution in [-0.4, -0.2) is 81.0 Å². The minimum Gasteiger partial charge on any atom is -0.508 e. The van der Waals surface area contributed by atoms with Gasteiger partial charge in [0.05, 0.1) is 6.04 Å². The van der Waals surface area contributed by atoms with Crippen molar-refractivity contribution in [1.29, 1.82) is 0 Å². The Kier molecular flexibility index (Phi) is 7.34.